The van der Waals surface area contributed by atoms with Gasteiger partial charge in [0.15, 0.2) is 0 Å². The highest BCUT2D eigenvalue weighted by atomic mass is 35.5. The zero-order valence-corrected chi connectivity index (χ0v) is 12.6. The second-order valence-electron chi connectivity index (χ2n) is 5.80. The van der Waals surface area contributed by atoms with Gasteiger partial charge in [0, 0.05) is 18.5 Å². The minimum absolute atomic E-state index is 0.523. The standard InChI is InChI=1S/C18H16ClNO/c1-20-11-14-4-2-3-5-16(14)18(19,12-20)15-7-6-13-8-9-21-17(13)10-15/h2-10H,11-12H2,1H3. The van der Waals surface area contributed by atoms with Crippen LogP contribution in [-0.4, -0.2) is 18.5 Å². The van der Waals surface area contributed by atoms with E-state index in [0.717, 1.165) is 29.6 Å². The van der Waals surface area contributed by atoms with Crippen LogP contribution in [-0.2, 0) is 11.4 Å². The molecule has 0 saturated heterocycles. The van der Waals surface area contributed by atoms with E-state index in [4.69, 9.17) is 16.0 Å². The maximum Gasteiger partial charge on any atom is 0.134 e. The third-order valence-corrected chi connectivity index (χ3v) is 4.83. The first kappa shape index (κ1) is 12.9. The van der Waals surface area contributed by atoms with E-state index in [1.807, 2.05) is 6.07 Å². The van der Waals surface area contributed by atoms with Crippen LogP contribution in [0.3, 0.4) is 0 Å². The maximum absolute atomic E-state index is 7.11. The van der Waals surface area contributed by atoms with Crippen molar-refractivity contribution in [2.24, 2.45) is 0 Å². The molecule has 2 heterocycles. The largest absolute Gasteiger partial charge is 0.464 e. The van der Waals surface area contributed by atoms with Crippen LogP contribution in [0, 0.1) is 0 Å². The Morgan fingerprint density at radius 2 is 2.00 bits per heavy atom. The van der Waals surface area contributed by atoms with E-state index < -0.39 is 4.87 Å². The Morgan fingerprint density at radius 3 is 2.90 bits per heavy atom. The number of halogens is 1. The first-order valence-electron chi connectivity index (χ1n) is 7.10. The summed E-state index contributed by atoms with van der Waals surface area (Å²) in [7, 11) is 2.11. The molecule has 0 aliphatic carbocycles. The van der Waals surface area contributed by atoms with E-state index in [-0.39, 0.29) is 0 Å². The van der Waals surface area contributed by atoms with E-state index in [1.165, 1.54) is 11.1 Å². The maximum atomic E-state index is 7.11. The zero-order valence-electron chi connectivity index (χ0n) is 11.8. The topological polar surface area (TPSA) is 16.4 Å². The van der Waals surface area contributed by atoms with Crippen molar-refractivity contribution >= 4 is 22.6 Å². The van der Waals surface area contributed by atoms with Gasteiger partial charge in [-0.15, -0.1) is 11.6 Å². The molecule has 4 rings (SSSR count). The number of benzene rings is 2. The summed E-state index contributed by atoms with van der Waals surface area (Å²) < 4.78 is 5.54. The number of likely N-dealkylation sites (N-methyl/N-ethyl adjacent to an activating group) is 1. The van der Waals surface area contributed by atoms with Crippen molar-refractivity contribution in [3.8, 4) is 0 Å². The first-order chi connectivity index (χ1) is 10.2. The van der Waals surface area contributed by atoms with E-state index in [1.54, 1.807) is 6.26 Å². The van der Waals surface area contributed by atoms with Crippen LogP contribution >= 0.6 is 11.6 Å². The molecular weight excluding hydrogens is 282 g/mol. The van der Waals surface area contributed by atoms with Gasteiger partial charge in [0.05, 0.1) is 6.26 Å². The van der Waals surface area contributed by atoms with Gasteiger partial charge in [-0.2, -0.15) is 0 Å². The molecule has 1 unspecified atom stereocenters. The molecule has 1 aliphatic heterocycles. The van der Waals surface area contributed by atoms with Crippen LogP contribution in [0.2, 0.25) is 0 Å². The predicted octanol–water partition coefficient (Wildman–Crippen LogP) is 4.36. The van der Waals surface area contributed by atoms with Crippen molar-refractivity contribution in [2.75, 3.05) is 13.6 Å². The molecule has 0 fully saturated rings. The summed E-state index contributed by atoms with van der Waals surface area (Å²) in [6.45, 7) is 1.73. The summed E-state index contributed by atoms with van der Waals surface area (Å²) >= 11 is 7.11. The molecule has 1 aromatic heterocycles. The van der Waals surface area contributed by atoms with Crippen LogP contribution in [0.1, 0.15) is 16.7 Å². The number of alkyl halides is 1. The van der Waals surface area contributed by atoms with Crippen LogP contribution in [0.15, 0.2) is 59.2 Å². The lowest BCUT2D eigenvalue weighted by Crippen LogP contribution is -2.41. The summed E-state index contributed by atoms with van der Waals surface area (Å²) in [4.78, 5) is 1.74. The highest BCUT2D eigenvalue weighted by Crippen LogP contribution is 2.43. The summed E-state index contributed by atoms with van der Waals surface area (Å²) in [6, 6.07) is 16.7. The average molecular weight is 298 g/mol. The highest BCUT2D eigenvalue weighted by Gasteiger charge is 2.38. The molecule has 1 atom stereocenters. The van der Waals surface area contributed by atoms with Gasteiger partial charge >= 0.3 is 0 Å². The Morgan fingerprint density at radius 1 is 1.14 bits per heavy atom. The monoisotopic (exact) mass is 297 g/mol. The van der Waals surface area contributed by atoms with Gasteiger partial charge in [0.2, 0.25) is 0 Å². The van der Waals surface area contributed by atoms with Gasteiger partial charge in [-0.05, 0) is 35.9 Å². The smallest absolute Gasteiger partial charge is 0.134 e. The van der Waals surface area contributed by atoms with Gasteiger partial charge in [0.25, 0.3) is 0 Å². The molecular formula is C18H16ClNO. The van der Waals surface area contributed by atoms with Crippen molar-refractivity contribution in [1.82, 2.24) is 4.90 Å². The third kappa shape index (κ3) is 1.98. The summed E-state index contributed by atoms with van der Waals surface area (Å²) in [6.07, 6.45) is 1.72. The quantitative estimate of drug-likeness (QED) is 0.621. The Bertz CT molecular complexity index is 810. The molecule has 0 radical (unpaired) electrons. The molecule has 2 nitrogen and oxygen atoms in total. The van der Waals surface area contributed by atoms with E-state index in [0.29, 0.717) is 0 Å². The van der Waals surface area contributed by atoms with Crippen LogP contribution < -0.4 is 0 Å². The van der Waals surface area contributed by atoms with Crippen LogP contribution in [0.25, 0.3) is 11.0 Å². The highest BCUT2D eigenvalue weighted by molar-refractivity contribution is 6.26. The van der Waals surface area contributed by atoms with Crippen molar-refractivity contribution in [3.05, 3.63) is 71.5 Å². The van der Waals surface area contributed by atoms with E-state index in [9.17, 15) is 0 Å². The molecule has 21 heavy (non-hydrogen) atoms. The average Bonchev–Trinajstić information content (AvgIpc) is 2.94. The molecule has 2 aromatic carbocycles. The fourth-order valence-electron chi connectivity index (χ4n) is 3.30. The minimum atomic E-state index is -0.523. The van der Waals surface area contributed by atoms with E-state index >= 15 is 0 Å². The SMILES string of the molecule is CN1Cc2ccccc2C(Cl)(c2ccc3ccoc3c2)C1. The fraction of sp³-hybridized carbons (Fsp3) is 0.222. The van der Waals surface area contributed by atoms with Gasteiger partial charge in [-0.1, -0.05) is 36.4 Å². The Labute approximate surface area is 128 Å². The fourth-order valence-corrected chi connectivity index (χ4v) is 3.80. The minimum Gasteiger partial charge on any atom is -0.464 e. The molecule has 3 aromatic rings. The summed E-state index contributed by atoms with van der Waals surface area (Å²) in [5.74, 6) is 0. The lowest BCUT2D eigenvalue weighted by atomic mass is 9.84. The predicted molar refractivity (Wildman–Crippen MR) is 85.6 cm³/mol. The van der Waals surface area contributed by atoms with Crippen LogP contribution in [0.4, 0.5) is 0 Å². The van der Waals surface area contributed by atoms with Crippen molar-refractivity contribution in [3.63, 3.8) is 0 Å². The lowest BCUT2D eigenvalue weighted by molar-refractivity contribution is 0.279. The number of rotatable bonds is 1. The molecule has 3 heteroatoms. The summed E-state index contributed by atoms with van der Waals surface area (Å²) in [5, 5.41) is 1.11. The van der Waals surface area contributed by atoms with Crippen LogP contribution in [0.5, 0.6) is 0 Å². The van der Waals surface area contributed by atoms with Gasteiger partial charge in [0.1, 0.15) is 10.5 Å². The van der Waals surface area contributed by atoms with Crippen molar-refractivity contribution < 1.29 is 4.42 Å². The number of hydrogen-bond acceptors (Lipinski definition) is 2. The number of hydrogen-bond donors (Lipinski definition) is 0. The second kappa shape index (κ2) is 4.62. The normalized spacial score (nSPS) is 22.4. The van der Waals surface area contributed by atoms with Crippen molar-refractivity contribution in [2.45, 2.75) is 11.4 Å². The molecule has 0 amide bonds. The number of nitrogens with zero attached hydrogens (tertiary/aromatic N) is 1. The Hall–Kier alpha value is -1.77. The Kier molecular flexibility index (Phi) is 2.84. The molecule has 0 saturated carbocycles. The number of furan rings is 1. The van der Waals surface area contributed by atoms with Gasteiger partial charge in [-0.25, -0.2) is 0 Å². The zero-order chi connectivity index (χ0) is 14.4. The van der Waals surface area contributed by atoms with Crippen molar-refractivity contribution in [1.29, 1.82) is 0 Å². The van der Waals surface area contributed by atoms with Gasteiger partial charge < -0.3 is 4.42 Å². The molecule has 0 N–H and O–H groups in total. The molecule has 106 valence electrons. The lowest BCUT2D eigenvalue weighted by Gasteiger charge is -2.39. The van der Waals surface area contributed by atoms with E-state index in [2.05, 4.69) is 54.4 Å². The number of fused-ring (bicyclic) bond motifs is 2. The Balaban J connectivity index is 1.92. The van der Waals surface area contributed by atoms with Gasteiger partial charge in [-0.3, -0.25) is 4.90 Å². The molecule has 0 bridgehead atoms. The second-order valence-corrected chi connectivity index (χ2v) is 6.45. The summed E-state index contributed by atoms with van der Waals surface area (Å²) in [5.41, 5.74) is 4.47. The first-order valence-corrected chi connectivity index (χ1v) is 7.48. The molecule has 0 spiro atoms. The molecule has 1 aliphatic rings. The third-order valence-electron chi connectivity index (χ3n) is 4.29.